The standard InChI is InChI=1S/C58H68N6O2S5/c1-5-9-13-17-31-60-47-28-25-44(36-49(47)62(57(60)67)33-19-15-11-7-3)64(45-26-29-48-50(37-45)63(34-20-16-12-8-4)58(68)61(48)32-18-14-10-6-2)43-23-21-41(22-24-43)52-38-54-55(70-52)39-53(71-54)51-30-27-46(69-51)35-42(40-59)56(65)66/h21-30,35-39H,5-20,31-34H2,1-4H3,(H,65,66)/b42-35-. The number of nitriles is 1. The van der Waals surface area contributed by atoms with E-state index in [9.17, 15) is 15.2 Å². The van der Waals surface area contributed by atoms with Gasteiger partial charge in [-0.15, -0.1) is 34.0 Å². The zero-order valence-corrected chi connectivity index (χ0v) is 46.0. The predicted octanol–water partition coefficient (Wildman–Crippen LogP) is 19.1. The van der Waals surface area contributed by atoms with Crippen LogP contribution < -0.4 is 4.90 Å². The molecule has 0 saturated heterocycles. The summed E-state index contributed by atoms with van der Waals surface area (Å²) in [5.41, 5.74) is 8.98. The van der Waals surface area contributed by atoms with Gasteiger partial charge in [-0.2, -0.15) is 5.26 Å². The molecule has 0 amide bonds. The van der Waals surface area contributed by atoms with Crippen molar-refractivity contribution in [3.05, 3.63) is 105 Å². The van der Waals surface area contributed by atoms with Gasteiger partial charge < -0.3 is 28.3 Å². The van der Waals surface area contributed by atoms with Gasteiger partial charge >= 0.3 is 5.97 Å². The molecule has 8 rings (SSSR count). The number of aromatic nitrogens is 4. The lowest BCUT2D eigenvalue weighted by molar-refractivity contribution is -0.132. The Bertz CT molecular complexity index is 3120. The molecule has 3 aromatic carbocycles. The van der Waals surface area contributed by atoms with Crippen LogP contribution in [0.5, 0.6) is 0 Å². The summed E-state index contributed by atoms with van der Waals surface area (Å²) in [6, 6.07) is 33.2. The molecular weight excluding hydrogens is 973 g/mol. The summed E-state index contributed by atoms with van der Waals surface area (Å²) >= 11 is 17.7. The van der Waals surface area contributed by atoms with E-state index in [0.29, 0.717) is 0 Å². The number of carboxylic acid groups (broad SMARTS) is 1. The lowest BCUT2D eigenvalue weighted by Crippen LogP contribution is -2.10. The van der Waals surface area contributed by atoms with Crippen molar-refractivity contribution in [3.63, 3.8) is 0 Å². The van der Waals surface area contributed by atoms with Gasteiger partial charge in [0.2, 0.25) is 0 Å². The van der Waals surface area contributed by atoms with Crippen LogP contribution >= 0.6 is 58.4 Å². The van der Waals surface area contributed by atoms with E-state index in [2.05, 4.69) is 124 Å². The van der Waals surface area contributed by atoms with Crippen molar-refractivity contribution in [1.82, 2.24) is 18.3 Å². The zero-order chi connectivity index (χ0) is 49.9. The number of benzene rings is 3. The van der Waals surface area contributed by atoms with Crippen LogP contribution in [0.4, 0.5) is 17.1 Å². The van der Waals surface area contributed by atoms with E-state index in [1.807, 2.05) is 12.1 Å². The molecule has 0 spiro atoms. The Morgan fingerprint density at radius 1 is 0.535 bits per heavy atom. The van der Waals surface area contributed by atoms with E-state index in [1.165, 1.54) is 131 Å². The third kappa shape index (κ3) is 12.1. The van der Waals surface area contributed by atoms with Crippen LogP contribution in [-0.2, 0) is 31.0 Å². The first kappa shape index (κ1) is 52.2. The summed E-state index contributed by atoms with van der Waals surface area (Å²) < 4.78 is 13.9. The third-order valence-corrected chi connectivity index (χ3v) is 18.0. The summed E-state index contributed by atoms with van der Waals surface area (Å²) in [6.45, 7) is 12.8. The minimum atomic E-state index is -1.21. The highest BCUT2D eigenvalue weighted by atomic mass is 32.1. The van der Waals surface area contributed by atoms with Gasteiger partial charge in [-0.3, -0.25) is 0 Å². The van der Waals surface area contributed by atoms with Gasteiger partial charge in [-0.05, 0) is 135 Å². The number of hydrogen-bond acceptors (Lipinski definition) is 8. The zero-order valence-electron chi connectivity index (χ0n) is 41.9. The number of rotatable bonds is 27. The molecule has 13 heteroatoms. The second kappa shape index (κ2) is 25.0. The molecule has 1 N–H and O–H groups in total. The molecular formula is C58H68N6O2S5. The number of thiophene rings is 3. The van der Waals surface area contributed by atoms with Crippen LogP contribution in [0.15, 0.2) is 90.5 Å². The number of fused-ring (bicyclic) bond motifs is 3. The van der Waals surface area contributed by atoms with Crippen molar-refractivity contribution in [2.24, 2.45) is 0 Å². The average Bonchev–Trinajstić information content (AvgIpc) is 4.20. The molecule has 71 heavy (non-hydrogen) atoms. The highest BCUT2D eigenvalue weighted by Gasteiger charge is 2.21. The van der Waals surface area contributed by atoms with Gasteiger partial charge in [0.05, 0.1) is 22.1 Å². The Morgan fingerprint density at radius 3 is 1.42 bits per heavy atom. The van der Waals surface area contributed by atoms with Crippen LogP contribution in [0.3, 0.4) is 0 Å². The molecule has 0 radical (unpaired) electrons. The predicted molar refractivity (Wildman–Crippen MR) is 310 cm³/mol. The van der Waals surface area contributed by atoms with Gasteiger partial charge in [-0.1, -0.05) is 117 Å². The van der Waals surface area contributed by atoms with E-state index in [1.54, 1.807) is 28.7 Å². The summed E-state index contributed by atoms with van der Waals surface area (Å²) in [5.74, 6) is -1.21. The second-order valence-corrected chi connectivity index (χ2v) is 22.8. The van der Waals surface area contributed by atoms with Gasteiger partial charge in [0, 0.05) is 72.1 Å². The SMILES string of the molecule is CCCCCCn1c(=S)n(CCCCCC)c2cc(N(c3ccc(-c4cc5sc(-c6ccc(/C=C(/C#N)C(=O)O)s6)cc5s4)cc3)c3ccc4c(c3)n(CCCCCC)c(=S)n4CCCCCC)ccc21. The number of aryl methyl sites for hydroxylation is 4. The van der Waals surface area contributed by atoms with Crippen LogP contribution in [0.25, 0.3) is 57.7 Å². The molecule has 0 aliphatic carbocycles. The Morgan fingerprint density at radius 2 is 0.972 bits per heavy atom. The molecule has 8 aromatic rings. The monoisotopic (exact) mass is 1040 g/mol. The topological polar surface area (TPSA) is 84.1 Å². The number of anilines is 3. The Labute approximate surface area is 442 Å². The molecule has 0 atom stereocenters. The molecule has 8 nitrogen and oxygen atoms in total. The first-order chi connectivity index (χ1) is 34.7. The first-order valence-corrected chi connectivity index (χ1v) is 29.3. The van der Waals surface area contributed by atoms with Crippen molar-refractivity contribution in [3.8, 4) is 26.3 Å². The van der Waals surface area contributed by atoms with Crippen molar-refractivity contribution in [2.45, 2.75) is 157 Å². The lowest BCUT2D eigenvalue weighted by atomic mass is 10.1. The normalized spacial score (nSPS) is 12.0. The number of nitrogens with zero attached hydrogens (tertiary/aromatic N) is 6. The van der Waals surface area contributed by atoms with E-state index < -0.39 is 5.97 Å². The molecule has 0 fully saturated rings. The number of imidazole rings is 2. The maximum absolute atomic E-state index is 11.4. The first-order valence-electron chi connectivity index (χ1n) is 26.0. The number of unbranched alkanes of at least 4 members (excludes halogenated alkanes) is 12. The highest BCUT2D eigenvalue weighted by molar-refractivity contribution is 7.71. The van der Waals surface area contributed by atoms with Gasteiger partial charge in [0.25, 0.3) is 0 Å². The average molecular weight is 1040 g/mol. The van der Waals surface area contributed by atoms with Gasteiger partial charge in [0.15, 0.2) is 9.54 Å². The van der Waals surface area contributed by atoms with Crippen molar-refractivity contribution < 1.29 is 9.90 Å². The maximum atomic E-state index is 11.4. The minimum Gasteiger partial charge on any atom is -0.477 e. The minimum absolute atomic E-state index is 0.266. The quantitative estimate of drug-likeness (QED) is 0.0239. The van der Waals surface area contributed by atoms with Crippen LogP contribution in [-0.4, -0.2) is 29.3 Å². The third-order valence-electron chi connectivity index (χ3n) is 13.6. The smallest absolute Gasteiger partial charge is 0.346 e. The van der Waals surface area contributed by atoms with Gasteiger partial charge in [0.1, 0.15) is 11.6 Å². The van der Waals surface area contributed by atoms with Crippen LogP contribution in [0, 0.1) is 20.9 Å². The fourth-order valence-electron chi connectivity index (χ4n) is 9.71. The van der Waals surface area contributed by atoms with Crippen molar-refractivity contribution in [1.29, 1.82) is 5.26 Å². The number of hydrogen-bond donors (Lipinski definition) is 1. The molecule has 5 aromatic heterocycles. The number of aliphatic carboxylic acids is 1. The van der Waals surface area contributed by atoms with Gasteiger partial charge in [-0.25, -0.2) is 4.79 Å². The molecule has 0 bridgehead atoms. The number of carbonyl (C=O) groups is 1. The fraction of sp³-hybridized carbons (Fsp3) is 0.414. The summed E-state index contributed by atoms with van der Waals surface area (Å²) in [7, 11) is 0. The van der Waals surface area contributed by atoms with E-state index in [4.69, 9.17) is 24.4 Å². The second-order valence-electron chi connectivity index (χ2n) is 18.8. The van der Waals surface area contributed by atoms with Crippen LogP contribution in [0.2, 0.25) is 0 Å². The van der Waals surface area contributed by atoms with Crippen molar-refractivity contribution >= 4 is 119 Å². The lowest BCUT2D eigenvalue weighted by Gasteiger charge is -2.26. The highest BCUT2D eigenvalue weighted by Crippen LogP contribution is 2.45. The summed E-state index contributed by atoms with van der Waals surface area (Å²) in [4.78, 5) is 18.0. The maximum Gasteiger partial charge on any atom is 0.346 e. The molecule has 5 heterocycles. The van der Waals surface area contributed by atoms with Crippen molar-refractivity contribution in [2.75, 3.05) is 4.90 Å². The fourth-order valence-corrected chi connectivity index (χ4v) is 13.9. The molecule has 0 aliphatic heterocycles. The van der Waals surface area contributed by atoms with E-state index in [0.717, 1.165) is 98.7 Å². The van der Waals surface area contributed by atoms with Crippen LogP contribution in [0.1, 0.15) is 135 Å². The molecule has 0 aliphatic rings. The molecule has 0 unspecified atom stereocenters. The Kier molecular flexibility index (Phi) is 18.4. The molecule has 372 valence electrons. The van der Waals surface area contributed by atoms with E-state index in [-0.39, 0.29) is 5.57 Å². The largest absolute Gasteiger partial charge is 0.477 e. The molecule has 0 saturated carbocycles. The Hall–Kier alpha value is -5.10. The summed E-state index contributed by atoms with van der Waals surface area (Å²) in [6.07, 6.45) is 20.5. The Balaban J connectivity index is 1.20. The van der Waals surface area contributed by atoms with E-state index >= 15 is 0 Å². The summed E-state index contributed by atoms with van der Waals surface area (Å²) in [5, 5.41) is 18.6. The number of carboxylic acids is 1.